The molecule has 0 saturated carbocycles. The monoisotopic (exact) mass is 353 g/mol. The Morgan fingerprint density at radius 2 is 1.69 bits per heavy atom. The van der Waals surface area contributed by atoms with E-state index in [1.165, 1.54) is 28.3 Å². The standard InChI is InChI=1S/C14H15N.C7H8O4/c1-11-6-8-12(9-7-11)14-5-3-2-4-13(14)10-15;1-2-3-5(7(10)11)4-6(8)9/h2-9H,10,15H2,1H3;2,4H,1,3H2,(H,8,9)(H,10,11)/b;5-4+. The molecule has 26 heavy (non-hydrogen) atoms. The molecular formula is C21H23NO4. The molecular weight excluding hydrogens is 330 g/mol. The largest absolute Gasteiger partial charge is 0.478 e. The Hall–Kier alpha value is -3.18. The highest BCUT2D eigenvalue weighted by molar-refractivity contribution is 5.94. The SMILES string of the molecule is C=CC/C(=C\C(=O)O)C(=O)O.Cc1ccc(-c2ccccc2CN)cc1. The zero-order valence-corrected chi connectivity index (χ0v) is 14.7. The van der Waals surface area contributed by atoms with Crippen LogP contribution in [0.3, 0.4) is 0 Å². The van der Waals surface area contributed by atoms with Crippen molar-refractivity contribution in [3.63, 3.8) is 0 Å². The molecule has 0 spiro atoms. The summed E-state index contributed by atoms with van der Waals surface area (Å²) in [7, 11) is 0. The quantitative estimate of drug-likeness (QED) is 0.542. The number of rotatable bonds is 6. The van der Waals surface area contributed by atoms with E-state index in [0.717, 1.165) is 0 Å². The van der Waals surface area contributed by atoms with Crippen LogP contribution in [0.5, 0.6) is 0 Å². The number of benzene rings is 2. The highest BCUT2D eigenvalue weighted by Crippen LogP contribution is 2.23. The first-order chi connectivity index (χ1) is 12.4. The van der Waals surface area contributed by atoms with Crippen molar-refractivity contribution in [3.05, 3.63) is 84.0 Å². The van der Waals surface area contributed by atoms with E-state index in [2.05, 4.69) is 49.9 Å². The maximum Gasteiger partial charge on any atom is 0.332 e. The summed E-state index contributed by atoms with van der Waals surface area (Å²) in [6.07, 6.45) is 2.05. The van der Waals surface area contributed by atoms with E-state index in [4.69, 9.17) is 15.9 Å². The van der Waals surface area contributed by atoms with Crippen LogP contribution < -0.4 is 5.73 Å². The average molecular weight is 353 g/mol. The first kappa shape index (κ1) is 20.9. The molecule has 136 valence electrons. The minimum Gasteiger partial charge on any atom is -0.478 e. The van der Waals surface area contributed by atoms with Gasteiger partial charge >= 0.3 is 11.9 Å². The molecule has 0 atom stereocenters. The number of aliphatic carboxylic acids is 2. The Morgan fingerprint density at radius 3 is 2.19 bits per heavy atom. The highest BCUT2D eigenvalue weighted by Gasteiger charge is 2.06. The highest BCUT2D eigenvalue weighted by atomic mass is 16.4. The summed E-state index contributed by atoms with van der Waals surface area (Å²) in [5.74, 6) is -2.49. The zero-order valence-electron chi connectivity index (χ0n) is 14.7. The smallest absolute Gasteiger partial charge is 0.332 e. The van der Waals surface area contributed by atoms with Gasteiger partial charge in [-0.05, 0) is 30.0 Å². The van der Waals surface area contributed by atoms with Gasteiger partial charge in [-0.15, -0.1) is 6.58 Å². The summed E-state index contributed by atoms with van der Waals surface area (Å²) in [5.41, 5.74) is 10.5. The summed E-state index contributed by atoms with van der Waals surface area (Å²) in [6, 6.07) is 16.8. The second-order valence-corrected chi connectivity index (χ2v) is 5.53. The summed E-state index contributed by atoms with van der Waals surface area (Å²) < 4.78 is 0. The summed E-state index contributed by atoms with van der Waals surface area (Å²) >= 11 is 0. The van der Waals surface area contributed by atoms with Gasteiger partial charge in [-0.3, -0.25) is 0 Å². The molecule has 0 aromatic heterocycles. The Labute approximate surface area is 153 Å². The zero-order chi connectivity index (χ0) is 19.5. The molecule has 0 radical (unpaired) electrons. The minimum atomic E-state index is -1.26. The Kier molecular flexibility index (Phi) is 8.54. The molecule has 0 fully saturated rings. The lowest BCUT2D eigenvalue weighted by molar-refractivity contribution is -0.135. The minimum absolute atomic E-state index is 0.0572. The molecule has 2 aromatic carbocycles. The molecule has 5 nitrogen and oxygen atoms in total. The fourth-order valence-corrected chi connectivity index (χ4v) is 2.23. The van der Waals surface area contributed by atoms with Crippen molar-refractivity contribution in [2.45, 2.75) is 19.9 Å². The van der Waals surface area contributed by atoms with Gasteiger partial charge in [0.2, 0.25) is 0 Å². The second kappa shape index (κ2) is 10.6. The number of aryl methyl sites for hydroxylation is 1. The molecule has 0 saturated heterocycles. The summed E-state index contributed by atoms with van der Waals surface area (Å²) in [5, 5.41) is 16.6. The van der Waals surface area contributed by atoms with Crippen LogP contribution in [0.1, 0.15) is 17.5 Å². The Morgan fingerprint density at radius 1 is 1.08 bits per heavy atom. The van der Waals surface area contributed by atoms with Gasteiger partial charge in [-0.2, -0.15) is 0 Å². The fraction of sp³-hybridized carbons (Fsp3) is 0.143. The number of allylic oxidation sites excluding steroid dienone is 1. The van der Waals surface area contributed by atoms with E-state index in [1.54, 1.807) is 0 Å². The molecule has 2 rings (SSSR count). The van der Waals surface area contributed by atoms with Crippen LogP contribution in [0.15, 0.2) is 72.8 Å². The maximum atomic E-state index is 10.2. The lowest BCUT2D eigenvalue weighted by Gasteiger charge is -2.07. The number of hydrogen-bond acceptors (Lipinski definition) is 3. The van der Waals surface area contributed by atoms with Crippen molar-refractivity contribution in [3.8, 4) is 11.1 Å². The van der Waals surface area contributed by atoms with Crippen LogP contribution in [0.4, 0.5) is 0 Å². The molecule has 4 N–H and O–H groups in total. The van der Waals surface area contributed by atoms with Gasteiger partial charge in [0.25, 0.3) is 0 Å². The maximum absolute atomic E-state index is 10.2. The molecule has 0 aliphatic heterocycles. The van der Waals surface area contributed by atoms with Crippen LogP contribution >= 0.6 is 0 Å². The van der Waals surface area contributed by atoms with Crippen molar-refractivity contribution in [1.82, 2.24) is 0 Å². The third kappa shape index (κ3) is 6.75. The van der Waals surface area contributed by atoms with E-state index < -0.39 is 11.9 Å². The number of carbonyl (C=O) groups is 2. The van der Waals surface area contributed by atoms with Crippen molar-refractivity contribution < 1.29 is 19.8 Å². The molecule has 0 heterocycles. The molecule has 0 aliphatic rings. The van der Waals surface area contributed by atoms with Crippen LogP contribution in [0.25, 0.3) is 11.1 Å². The van der Waals surface area contributed by atoms with Crippen molar-refractivity contribution in [2.24, 2.45) is 5.73 Å². The predicted octanol–water partition coefficient (Wildman–Crippen LogP) is 3.78. The van der Waals surface area contributed by atoms with Crippen LogP contribution in [-0.4, -0.2) is 22.2 Å². The van der Waals surface area contributed by atoms with Crippen molar-refractivity contribution in [2.75, 3.05) is 0 Å². The third-order valence-corrected chi connectivity index (χ3v) is 3.54. The third-order valence-electron chi connectivity index (χ3n) is 3.54. The number of hydrogen-bond donors (Lipinski definition) is 3. The molecule has 0 amide bonds. The average Bonchev–Trinajstić information content (AvgIpc) is 2.62. The van der Waals surface area contributed by atoms with E-state index in [-0.39, 0.29) is 12.0 Å². The summed E-state index contributed by atoms with van der Waals surface area (Å²) in [4.78, 5) is 20.3. The van der Waals surface area contributed by atoms with Crippen LogP contribution in [0, 0.1) is 6.92 Å². The normalized spacial score (nSPS) is 10.5. The van der Waals surface area contributed by atoms with Gasteiger partial charge in [-0.1, -0.05) is 60.2 Å². The van der Waals surface area contributed by atoms with Gasteiger partial charge in [0, 0.05) is 18.2 Å². The molecule has 5 heteroatoms. The van der Waals surface area contributed by atoms with E-state index in [1.807, 2.05) is 12.1 Å². The Bertz CT molecular complexity index is 792. The lowest BCUT2D eigenvalue weighted by atomic mass is 9.99. The van der Waals surface area contributed by atoms with E-state index >= 15 is 0 Å². The second-order valence-electron chi connectivity index (χ2n) is 5.53. The number of carboxylic acids is 2. The van der Waals surface area contributed by atoms with Gasteiger partial charge in [0.15, 0.2) is 0 Å². The van der Waals surface area contributed by atoms with Gasteiger partial charge < -0.3 is 15.9 Å². The van der Waals surface area contributed by atoms with Crippen molar-refractivity contribution >= 4 is 11.9 Å². The van der Waals surface area contributed by atoms with Gasteiger partial charge in [-0.25, -0.2) is 9.59 Å². The topological polar surface area (TPSA) is 101 Å². The van der Waals surface area contributed by atoms with Crippen LogP contribution in [-0.2, 0) is 16.1 Å². The predicted molar refractivity (Wildman–Crippen MR) is 103 cm³/mol. The van der Waals surface area contributed by atoms with Gasteiger partial charge in [0.05, 0.1) is 0 Å². The molecule has 0 bridgehead atoms. The first-order valence-corrected chi connectivity index (χ1v) is 8.01. The molecule has 0 unspecified atom stereocenters. The van der Waals surface area contributed by atoms with E-state index in [0.29, 0.717) is 12.6 Å². The van der Waals surface area contributed by atoms with E-state index in [9.17, 15) is 9.59 Å². The van der Waals surface area contributed by atoms with Crippen molar-refractivity contribution in [1.29, 1.82) is 0 Å². The van der Waals surface area contributed by atoms with Gasteiger partial charge in [0.1, 0.15) is 0 Å². The fourth-order valence-electron chi connectivity index (χ4n) is 2.23. The molecule has 0 aliphatic carbocycles. The Balaban J connectivity index is 0.000000276. The van der Waals surface area contributed by atoms with Crippen LogP contribution in [0.2, 0.25) is 0 Å². The summed E-state index contributed by atoms with van der Waals surface area (Å²) in [6.45, 7) is 5.98. The lowest BCUT2D eigenvalue weighted by Crippen LogP contribution is -2.02. The number of carboxylic acid groups (broad SMARTS) is 2. The first-order valence-electron chi connectivity index (χ1n) is 8.01. The molecule has 2 aromatic rings. The number of nitrogens with two attached hydrogens (primary N) is 1.